The summed E-state index contributed by atoms with van der Waals surface area (Å²) in [5.74, 6) is 1.67. The van der Waals surface area contributed by atoms with Crippen LogP contribution in [0.5, 0.6) is 5.75 Å². The number of urea groups is 1. The van der Waals surface area contributed by atoms with Crippen LogP contribution in [0.2, 0.25) is 5.02 Å². The van der Waals surface area contributed by atoms with E-state index in [4.69, 9.17) is 20.8 Å². The Morgan fingerprint density at radius 3 is 3.07 bits per heavy atom. The fraction of sp³-hybridized carbons (Fsp3) is 0.316. The number of amides is 2. The molecule has 1 aromatic carbocycles. The van der Waals surface area contributed by atoms with Crippen molar-refractivity contribution in [2.24, 2.45) is 0 Å². The lowest BCUT2D eigenvalue weighted by Crippen LogP contribution is -2.41. The highest BCUT2D eigenvalue weighted by atomic mass is 35.5. The number of rotatable bonds is 4. The quantitative estimate of drug-likeness (QED) is 0.653. The molecule has 1 saturated heterocycles. The molecular formula is C19H19ClN4O3S. The summed E-state index contributed by atoms with van der Waals surface area (Å²) in [5.41, 5.74) is 0.542. The summed E-state index contributed by atoms with van der Waals surface area (Å²) in [6, 6.07) is 8.80. The van der Waals surface area contributed by atoms with E-state index in [9.17, 15) is 4.79 Å². The van der Waals surface area contributed by atoms with Gasteiger partial charge < -0.3 is 19.4 Å². The van der Waals surface area contributed by atoms with Gasteiger partial charge in [-0.05, 0) is 42.5 Å². The molecule has 3 heterocycles. The van der Waals surface area contributed by atoms with E-state index in [1.165, 1.54) is 0 Å². The van der Waals surface area contributed by atoms with Crippen LogP contribution in [0, 0.1) is 0 Å². The summed E-state index contributed by atoms with van der Waals surface area (Å²) in [5, 5.41) is 13.7. The van der Waals surface area contributed by atoms with Crippen molar-refractivity contribution in [3.05, 3.63) is 46.6 Å². The smallest absolute Gasteiger partial charge is 0.321 e. The molecule has 1 aliphatic heterocycles. The zero-order valence-electron chi connectivity index (χ0n) is 15.2. The normalized spacial score (nSPS) is 16.8. The van der Waals surface area contributed by atoms with E-state index in [-0.39, 0.29) is 11.9 Å². The van der Waals surface area contributed by atoms with Crippen LogP contribution in [-0.4, -0.2) is 41.3 Å². The molecule has 2 aromatic heterocycles. The standard InChI is InChI=1S/C19H19ClN4O3S/c1-26-15-7-6-13(20)10-14(15)21-19(25)24-8-2-4-12(11-24)17-22-23-18(27-17)16-5-3-9-28-16/h3,5-7,9-10,12H,2,4,8,11H2,1H3,(H,21,25)/t12-/m1/s1. The van der Waals surface area contributed by atoms with E-state index in [1.54, 1.807) is 41.5 Å². The Hall–Kier alpha value is -2.58. The minimum atomic E-state index is -0.205. The monoisotopic (exact) mass is 418 g/mol. The molecule has 2 amide bonds. The van der Waals surface area contributed by atoms with Crippen LogP contribution in [0.3, 0.4) is 0 Å². The van der Waals surface area contributed by atoms with Crippen LogP contribution in [0.4, 0.5) is 10.5 Å². The second-order valence-corrected chi connectivity index (χ2v) is 7.87. The number of hydrogen-bond acceptors (Lipinski definition) is 6. The molecule has 1 atom stereocenters. The molecule has 0 radical (unpaired) electrons. The Bertz CT molecular complexity index is 960. The van der Waals surface area contributed by atoms with E-state index >= 15 is 0 Å². The lowest BCUT2D eigenvalue weighted by molar-refractivity contribution is 0.187. The predicted octanol–water partition coefficient (Wildman–Crippen LogP) is 4.87. The number of carbonyl (C=O) groups excluding carboxylic acids is 1. The molecule has 0 saturated carbocycles. The van der Waals surface area contributed by atoms with Crippen LogP contribution in [0.15, 0.2) is 40.1 Å². The number of halogens is 1. The molecule has 1 fully saturated rings. The van der Waals surface area contributed by atoms with Crippen LogP contribution >= 0.6 is 22.9 Å². The number of piperidine rings is 1. The first kappa shape index (κ1) is 18.8. The largest absolute Gasteiger partial charge is 0.495 e. The zero-order valence-corrected chi connectivity index (χ0v) is 16.8. The average Bonchev–Trinajstić information content (AvgIpc) is 3.40. The van der Waals surface area contributed by atoms with Crippen molar-refractivity contribution < 1.29 is 13.9 Å². The number of aromatic nitrogens is 2. The molecule has 4 rings (SSSR count). The van der Waals surface area contributed by atoms with E-state index in [0.717, 1.165) is 17.7 Å². The van der Waals surface area contributed by atoms with Crippen LogP contribution in [0.25, 0.3) is 10.8 Å². The van der Waals surface area contributed by atoms with Gasteiger partial charge in [-0.3, -0.25) is 0 Å². The van der Waals surface area contributed by atoms with Gasteiger partial charge in [-0.2, -0.15) is 0 Å². The van der Waals surface area contributed by atoms with Gasteiger partial charge in [0.1, 0.15) is 5.75 Å². The second kappa shape index (κ2) is 8.20. The Morgan fingerprint density at radius 2 is 2.29 bits per heavy atom. The highest BCUT2D eigenvalue weighted by Crippen LogP contribution is 2.31. The molecule has 146 valence electrons. The Kier molecular flexibility index (Phi) is 5.50. The molecule has 7 nitrogen and oxygen atoms in total. The van der Waals surface area contributed by atoms with Gasteiger partial charge in [0.25, 0.3) is 5.89 Å². The summed E-state index contributed by atoms with van der Waals surface area (Å²) in [6.45, 7) is 1.18. The van der Waals surface area contributed by atoms with E-state index < -0.39 is 0 Å². The van der Waals surface area contributed by atoms with Gasteiger partial charge in [0.15, 0.2) is 0 Å². The minimum Gasteiger partial charge on any atom is -0.495 e. The molecule has 0 unspecified atom stereocenters. The molecule has 1 N–H and O–H groups in total. The maximum absolute atomic E-state index is 12.8. The summed E-state index contributed by atoms with van der Waals surface area (Å²) in [7, 11) is 1.55. The molecular weight excluding hydrogens is 400 g/mol. The number of nitrogens with zero attached hydrogens (tertiary/aromatic N) is 3. The number of methoxy groups -OCH3 is 1. The molecule has 1 aliphatic rings. The van der Waals surface area contributed by atoms with Crippen molar-refractivity contribution in [1.29, 1.82) is 0 Å². The lowest BCUT2D eigenvalue weighted by atomic mass is 9.98. The maximum atomic E-state index is 12.8. The summed E-state index contributed by atoms with van der Waals surface area (Å²) in [4.78, 5) is 15.5. The number of carbonyl (C=O) groups is 1. The van der Waals surface area contributed by atoms with Gasteiger partial charge in [0.05, 0.1) is 23.6 Å². The number of ether oxygens (including phenoxy) is 1. The number of hydrogen-bond donors (Lipinski definition) is 1. The second-order valence-electron chi connectivity index (χ2n) is 6.48. The van der Waals surface area contributed by atoms with Crippen molar-refractivity contribution >= 4 is 34.7 Å². The highest BCUT2D eigenvalue weighted by molar-refractivity contribution is 7.13. The topological polar surface area (TPSA) is 80.5 Å². The first-order valence-electron chi connectivity index (χ1n) is 8.91. The zero-order chi connectivity index (χ0) is 19.5. The third-order valence-electron chi connectivity index (χ3n) is 4.63. The maximum Gasteiger partial charge on any atom is 0.321 e. The molecule has 3 aromatic rings. The van der Waals surface area contributed by atoms with Gasteiger partial charge in [-0.25, -0.2) is 4.79 Å². The highest BCUT2D eigenvalue weighted by Gasteiger charge is 2.29. The average molecular weight is 419 g/mol. The van der Waals surface area contributed by atoms with Gasteiger partial charge in [-0.15, -0.1) is 21.5 Å². The molecule has 0 aliphatic carbocycles. The predicted molar refractivity (Wildman–Crippen MR) is 108 cm³/mol. The van der Waals surface area contributed by atoms with Crippen molar-refractivity contribution in [3.63, 3.8) is 0 Å². The molecule has 0 bridgehead atoms. The molecule has 9 heteroatoms. The fourth-order valence-corrected chi connectivity index (χ4v) is 4.05. The first-order chi connectivity index (χ1) is 13.6. The minimum absolute atomic E-state index is 0.0157. The Labute approximate surface area is 171 Å². The molecule has 28 heavy (non-hydrogen) atoms. The number of nitrogens with one attached hydrogen (secondary N) is 1. The van der Waals surface area contributed by atoms with Gasteiger partial charge >= 0.3 is 6.03 Å². The Balaban J connectivity index is 1.45. The Morgan fingerprint density at radius 1 is 1.39 bits per heavy atom. The number of thiophene rings is 1. The van der Waals surface area contributed by atoms with Crippen LogP contribution in [0.1, 0.15) is 24.7 Å². The number of anilines is 1. The van der Waals surface area contributed by atoms with Crippen molar-refractivity contribution in [3.8, 4) is 16.5 Å². The SMILES string of the molecule is COc1ccc(Cl)cc1NC(=O)N1CCC[C@@H](c2nnc(-c3cccs3)o2)C1. The third kappa shape index (κ3) is 3.98. The summed E-state index contributed by atoms with van der Waals surface area (Å²) < 4.78 is 11.2. The summed E-state index contributed by atoms with van der Waals surface area (Å²) >= 11 is 7.60. The van der Waals surface area contributed by atoms with Crippen LogP contribution < -0.4 is 10.1 Å². The fourth-order valence-electron chi connectivity index (χ4n) is 3.23. The van der Waals surface area contributed by atoms with E-state index in [1.807, 2.05) is 17.5 Å². The lowest BCUT2D eigenvalue weighted by Gasteiger charge is -2.31. The third-order valence-corrected chi connectivity index (χ3v) is 5.73. The number of benzene rings is 1. The van der Waals surface area contributed by atoms with Gasteiger partial charge in [0, 0.05) is 18.1 Å². The number of likely N-dealkylation sites (tertiary alicyclic amines) is 1. The van der Waals surface area contributed by atoms with Crippen molar-refractivity contribution in [2.45, 2.75) is 18.8 Å². The van der Waals surface area contributed by atoms with E-state index in [2.05, 4.69) is 15.5 Å². The van der Waals surface area contributed by atoms with E-state index in [0.29, 0.717) is 41.3 Å². The van der Waals surface area contributed by atoms with Crippen LogP contribution in [-0.2, 0) is 0 Å². The van der Waals surface area contributed by atoms with Gasteiger partial charge in [-0.1, -0.05) is 17.7 Å². The van der Waals surface area contributed by atoms with Gasteiger partial charge in [0.2, 0.25) is 5.89 Å². The first-order valence-corrected chi connectivity index (χ1v) is 10.2. The molecule has 0 spiro atoms. The van der Waals surface area contributed by atoms with Crippen molar-refractivity contribution in [2.75, 3.05) is 25.5 Å². The van der Waals surface area contributed by atoms with Crippen molar-refractivity contribution in [1.82, 2.24) is 15.1 Å². The summed E-state index contributed by atoms with van der Waals surface area (Å²) in [6.07, 6.45) is 1.76.